The zero-order chi connectivity index (χ0) is 15.4. The molecule has 0 bridgehead atoms. The van der Waals surface area contributed by atoms with Crippen molar-refractivity contribution in [2.24, 2.45) is 0 Å². The van der Waals surface area contributed by atoms with Crippen LogP contribution in [0.1, 0.15) is 21.5 Å². The fraction of sp³-hybridized carbons (Fsp3) is 0.188. The van der Waals surface area contributed by atoms with Crippen LogP contribution in [-0.2, 0) is 6.54 Å². The molecule has 0 aliphatic heterocycles. The Morgan fingerprint density at radius 1 is 1.24 bits per heavy atom. The maximum absolute atomic E-state index is 13.3. The lowest BCUT2D eigenvalue weighted by atomic mass is 10.1. The average Bonchev–Trinajstić information content (AvgIpc) is 2.48. The molecule has 3 nitrogen and oxygen atoms in total. The highest BCUT2D eigenvalue weighted by Crippen LogP contribution is 2.24. The molecule has 21 heavy (non-hydrogen) atoms. The molecule has 0 aromatic heterocycles. The van der Waals surface area contributed by atoms with Crippen LogP contribution >= 0.6 is 11.6 Å². The fourth-order valence-electron chi connectivity index (χ4n) is 1.97. The third-order valence-electron chi connectivity index (χ3n) is 3.24. The summed E-state index contributed by atoms with van der Waals surface area (Å²) in [4.78, 5) is 11.6. The van der Waals surface area contributed by atoms with Crippen LogP contribution in [0.2, 0.25) is 5.02 Å². The molecule has 0 saturated heterocycles. The van der Waals surface area contributed by atoms with Gasteiger partial charge in [0.25, 0.3) is 5.91 Å². The van der Waals surface area contributed by atoms with Crippen LogP contribution in [0.25, 0.3) is 0 Å². The molecule has 0 aliphatic carbocycles. The van der Waals surface area contributed by atoms with Gasteiger partial charge in [0.05, 0.1) is 10.7 Å². The summed E-state index contributed by atoms with van der Waals surface area (Å²) < 4.78 is 13.3. The minimum atomic E-state index is -0.275. The Morgan fingerprint density at radius 2 is 2.00 bits per heavy atom. The van der Waals surface area contributed by atoms with Crippen molar-refractivity contribution in [3.63, 3.8) is 0 Å². The van der Waals surface area contributed by atoms with Gasteiger partial charge in [0.1, 0.15) is 5.82 Å². The largest absolute Gasteiger partial charge is 0.380 e. The van der Waals surface area contributed by atoms with Gasteiger partial charge in [-0.1, -0.05) is 17.7 Å². The first-order valence-electron chi connectivity index (χ1n) is 6.52. The molecular formula is C16H16ClFN2O. The molecule has 2 rings (SSSR count). The SMILES string of the molecule is CNC(=O)c1ccc(Cl)c(NCc2cc(F)ccc2C)c1. The van der Waals surface area contributed by atoms with Crippen LogP contribution < -0.4 is 10.6 Å². The maximum atomic E-state index is 13.3. The quantitative estimate of drug-likeness (QED) is 0.903. The van der Waals surface area contributed by atoms with E-state index in [1.807, 2.05) is 6.92 Å². The lowest BCUT2D eigenvalue weighted by Gasteiger charge is -2.12. The monoisotopic (exact) mass is 306 g/mol. The predicted molar refractivity (Wildman–Crippen MR) is 83.3 cm³/mol. The van der Waals surface area contributed by atoms with E-state index >= 15 is 0 Å². The summed E-state index contributed by atoms with van der Waals surface area (Å²) in [5, 5.41) is 6.21. The van der Waals surface area contributed by atoms with E-state index in [1.54, 1.807) is 31.3 Å². The molecule has 0 heterocycles. The van der Waals surface area contributed by atoms with Crippen molar-refractivity contribution < 1.29 is 9.18 Å². The lowest BCUT2D eigenvalue weighted by molar-refractivity contribution is 0.0963. The van der Waals surface area contributed by atoms with Crippen LogP contribution in [0.5, 0.6) is 0 Å². The summed E-state index contributed by atoms with van der Waals surface area (Å²) in [6.07, 6.45) is 0. The van der Waals surface area contributed by atoms with Gasteiger partial charge in [-0.05, 0) is 48.4 Å². The molecule has 0 unspecified atom stereocenters. The molecular weight excluding hydrogens is 291 g/mol. The van der Waals surface area contributed by atoms with Gasteiger partial charge in [0.2, 0.25) is 0 Å². The van der Waals surface area contributed by atoms with Crippen LogP contribution in [-0.4, -0.2) is 13.0 Å². The second-order valence-electron chi connectivity index (χ2n) is 4.70. The number of nitrogens with one attached hydrogen (secondary N) is 2. The zero-order valence-corrected chi connectivity index (χ0v) is 12.6. The molecule has 0 aliphatic rings. The standard InChI is InChI=1S/C16H16ClFN2O/c1-10-3-5-13(18)7-12(10)9-20-15-8-11(16(21)19-2)4-6-14(15)17/h3-8,20H,9H2,1-2H3,(H,19,21). The molecule has 2 N–H and O–H groups in total. The van der Waals surface area contributed by atoms with E-state index in [4.69, 9.17) is 11.6 Å². The highest BCUT2D eigenvalue weighted by atomic mass is 35.5. The average molecular weight is 307 g/mol. The topological polar surface area (TPSA) is 41.1 Å². The van der Waals surface area contributed by atoms with Crippen molar-refractivity contribution in [1.29, 1.82) is 0 Å². The molecule has 2 aromatic rings. The second-order valence-corrected chi connectivity index (χ2v) is 5.11. The molecule has 1 amide bonds. The van der Waals surface area contributed by atoms with Gasteiger partial charge in [-0.2, -0.15) is 0 Å². The number of carbonyl (C=O) groups is 1. The van der Waals surface area contributed by atoms with Gasteiger partial charge in [-0.15, -0.1) is 0 Å². The van der Waals surface area contributed by atoms with Crippen LogP contribution in [0.15, 0.2) is 36.4 Å². The Balaban J connectivity index is 2.19. The molecule has 0 fully saturated rings. The number of benzene rings is 2. The van der Waals surface area contributed by atoms with E-state index in [2.05, 4.69) is 10.6 Å². The molecule has 110 valence electrons. The summed E-state index contributed by atoms with van der Waals surface area (Å²) in [6.45, 7) is 2.35. The van der Waals surface area contributed by atoms with Gasteiger partial charge >= 0.3 is 0 Å². The van der Waals surface area contributed by atoms with Gasteiger partial charge in [0.15, 0.2) is 0 Å². The van der Waals surface area contributed by atoms with Crippen molar-refractivity contribution in [2.45, 2.75) is 13.5 Å². The molecule has 0 atom stereocenters. The van der Waals surface area contributed by atoms with E-state index in [-0.39, 0.29) is 11.7 Å². The van der Waals surface area contributed by atoms with E-state index in [0.717, 1.165) is 11.1 Å². The molecule has 5 heteroatoms. The van der Waals surface area contributed by atoms with Crippen molar-refractivity contribution in [3.8, 4) is 0 Å². The van der Waals surface area contributed by atoms with Crippen molar-refractivity contribution in [3.05, 3.63) is 63.9 Å². The number of halogens is 2. The summed E-state index contributed by atoms with van der Waals surface area (Å²) >= 11 is 6.11. The highest BCUT2D eigenvalue weighted by molar-refractivity contribution is 6.33. The number of rotatable bonds is 4. The van der Waals surface area contributed by atoms with Crippen LogP contribution in [0.4, 0.5) is 10.1 Å². The zero-order valence-electron chi connectivity index (χ0n) is 11.8. The van der Waals surface area contributed by atoms with Gasteiger partial charge in [-0.25, -0.2) is 4.39 Å². The van der Waals surface area contributed by atoms with Crippen LogP contribution in [0.3, 0.4) is 0 Å². The van der Waals surface area contributed by atoms with Crippen molar-refractivity contribution in [2.75, 3.05) is 12.4 Å². The molecule has 0 radical (unpaired) electrons. The van der Waals surface area contributed by atoms with Crippen molar-refractivity contribution in [1.82, 2.24) is 5.32 Å². The molecule has 2 aromatic carbocycles. The smallest absolute Gasteiger partial charge is 0.251 e. The number of carbonyl (C=O) groups excluding carboxylic acids is 1. The fourth-order valence-corrected chi connectivity index (χ4v) is 2.15. The van der Waals surface area contributed by atoms with E-state index in [1.165, 1.54) is 12.1 Å². The first kappa shape index (κ1) is 15.3. The number of aryl methyl sites for hydroxylation is 1. The second kappa shape index (κ2) is 6.59. The number of anilines is 1. The van der Waals surface area contributed by atoms with E-state index in [9.17, 15) is 9.18 Å². The summed E-state index contributed by atoms with van der Waals surface area (Å²) in [5.41, 5.74) is 2.99. The van der Waals surface area contributed by atoms with Gasteiger partial charge in [-0.3, -0.25) is 4.79 Å². The Bertz CT molecular complexity index is 673. The minimum Gasteiger partial charge on any atom is -0.380 e. The Labute approximate surface area is 128 Å². The third kappa shape index (κ3) is 3.73. The Kier molecular flexibility index (Phi) is 4.81. The molecule has 0 spiro atoms. The minimum absolute atomic E-state index is 0.184. The van der Waals surface area contributed by atoms with E-state index < -0.39 is 0 Å². The summed E-state index contributed by atoms with van der Waals surface area (Å²) in [7, 11) is 1.57. The predicted octanol–water partition coefficient (Wildman–Crippen LogP) is 3.76. The number of hydrogen-bond donors (Lipinski definition) is 2. The lowest BCUT2D eigenvalue weighted by Crippen LogP contribution is -2.17. The van der Waals surface area contributed by atoms with E-state index in [0.29, 0.717) is 22.8 Å². The normalized spacial score (nSPS) is 10.3. The highest BCUT2D eigenvalue weighted by Gasteiger charge is 2.08. The Morgan fingerprint density at radius 3 is 2.71 bits per heavy atom. The number of amides is 1. The first-order valence-corrected chi connectivity index (χ1v) is 6.89. The van der Waals surface area contributed by atoms with Crippen LogP contribution in [0, 0.1) is 12.7 Å². The first-order chi connectivity index (χ1) is 10.0. The Hall–Kier alpha value is -2.07. The summed E-state index contributed by atoms with van der Waals surface area (Å²) in [6, 6.07) is 9.63. The summed E-state index contributed by atoms with van der Waals surface area (Å²) in [5.74, 6) is -0.459. The number of hydrogen-bond acceptors (Lipinski definition) is 2. The van der Waals surface area contributed by atoms with Crippen molar-refractivity contribution >= 4 is 23.2 Å². The third-order valence-corrected chi connectivity index (χ3v) is 3.57. The van der Waals surface area contributed by atoms with Gasteiger partial charge in [0, 0.05) is 19.2 Å². The molecule has 0 saturated carbocycles. The maximum Gasteiger partial charge on any atom is 0.251 e. The van der Waals surface area contributed by atoms with Gasteiger partial charge < -0.3 is 10.6 Å².